The molecule has 1 N–H and O–H groups in total. The normalized spacial score (nSPS) is 11.3. The number of rotatable bonds is 5. The van der Waals surface area contributed by atoms with Crippen molar-refractivity contribution in [3.05, 3.63) is 57.5 Å². The number of benzene rings is 1. The van der Waals surface area contributed by atoms with Crippen LogP contribution in [0.2, 0.25) is 5.15 Å². The van der Waals surface area contributed by atoms with Crippen molar-refractivity contribution in [2.45, 2.75) is 0 Å². The van der Waals surface area contributed by atoms with Crippen molar-refractivity contribution in [2.75, 3.05) is 32.5 Å². The summed E-state index contributed by atoms with van der Waals surface area (Å²) in [5.41, 5.74) is -1.11. The largest absolute Gasteiger partial charge is 0.353 e. The summed E-state index contributed by atoms with van der Waals surface area (Å²) in [6.45, 7) is 1.24. The molecule has 0 aliphatic carbocycles. The minimum absolute atomic E-state index is 0.0221. The lowest BCUT2D eigenvalue weighted by Crippen LogP contribution is -2.23. The summed E-state index contributed by atoms with van der Waals surface area (Å²) in [6, 6.07) is 5.97. The number of para-hydroxylation sites is 1. The average molecular weight is 380 g/mol. The third kappa shape index (κ3) is 3.51. The van der Waals surface area contributed by atoms with Crippen LogP contribution in [0.25, 0.3) is 16.7 Å². The van der Waals surface area contributed by atoms with Crippen LogP contribution < -0.4 is 10.9 Å². The number of hydrogen-bond donors (Lipinski definition) is 1. The van der Waals surface area contributed by atoms with Gasteiger partial charge in [-0.05, 0) is 32.3 Å². The van der Waals surface area contributed by atoms with Crippen LogP contribution >= 0.6 is 11.6 Å². The zero-order chi connectivity index (χ0) is 18.8. The lowest BCUT2D eigenvalue weighted by atomic mass is 10.2. The van der Waals surface area contributed by atoms with E-state index < -0.39 is 22.9 Å². The van der Waals surface area contributed by atoms with Gasteiger partial charge < -0.3 is 10.2 Å². The molecule has 0 atom stereocenters. The van der Waals surface area contributed by atoms with Crippen LogP contribution in [0.1, 0.15) is 0 Å². The Hall–Kier alpha value is -2.58. The lowest BCUT2D eigenvalue weighted by Gasteiger charge is -2.14. The second-order valence-corrected chi connectivity index (χ2v) is 6.24. The van der Waals surface area contributed by atoms with Gasteiger partial charge >= 0.3 is 0 Å². The van der Waals surface area contributed by atoms with Crippen molar-refractivity contribution >= 4 is 28.6 Å². The Morgan fingerprint density at radius 1 is 1.15 bits per heavy atom. The van der Waals surface area contributed by atoms with Gasteiger partial charge in [0.05, 0.1) is 5.39 Å². The first-order valence-electron chi connectivity index (χ1n) is 7.81. The van der Waals surface area contributed by atoms with Gasteiger partial charge in [-0.1, -0.05) is 17.7 Å². The summed E-state index contributed by atoms with van der Waals surface area (Å²) >= 11 is 6.19. The Bertz CT molecular complexity index is 1000. The maximum atomic E-state index is 14.2. The van der Waals surface area contributed by atoms with Crippen LogP contribution in [0.4, 0.5) is 14.7 Å². The fraction of sp³-hybridized carbons (Fsp3) is 0.235. The number of fused-ring (bicyclic) bond motifs is 1. The zero-order valence-corrected chi connectivity index (χ0v) is 14.9. The molecule has 0 fully saturated rings. The van der Waals surface area contributed by atoms with Crippen molar-refractivity contribution in [2.24, 2.45) is 0 Å². The molecule has 0 bridgehead atoms. The Morgan fingerprint density at radius 3 is 2.50 bits per heavy atom. The number of aromatic nitrogens is 3. The molecular formula is C17H16ClF2N5O. The summed E-state index contributed by atoms with van der Waals surface area (Å²) < 4.78 is 29.3. The maximum Gasteiger partial charge on any atom is 0.256 e. The molecule has 0 aliphatic rings. The van der Waals surface area contributed by atoms with Gasteiger partial charge in [-0.3, -0.25) is 9.36 Å². The molecule has 26 heavy (non-hydrogen) atoms. The molecule has 1 aromatic carbocycles. The van der Waals surface area contributed by atoms with E-state index in [1.807, 2.05) is 19.0 Å². The highest BCUT2D eigenvalue weighted by atomic mass is 35.5. The topological polar surface area (TPSA) is 63.1 Å². The van der Waals surface area contributed by atoms with Gasteiger partial charge in [0.25, 0.3) is 5.56 Å². The van der Waals surface area contributed by atoms with Gasteiger partial charge in [-0.2, -0.15) is 4.98 Å². The van der Waals surface area contributed by atoms with E-state index in [1.165, 1.54) is 18.2 Å². The Labute approximate surface area is 153 Å². The van der Waals surface area contributed by atoms with E-state index in [0.717, 1.165) is 16.7 Å². The first kappa shape index (κ1) is 18.2. The predicted molar refractivity (Wildman–Crippen MR) is 97.1 cm³/mol. The molecule has 0 saturated carbocycles. The molecule has 2 heterocycles. The first-order chi connectivity index (χ1) is 12.4. The SMILES string of the molecule is CN(C)CCNc1nc(Cl)c2ccc(=O)n(-c3c(F)cccc3F)c2n1. The van der Waals surface area contributed by atoms with Gasteiger partial charge in [0.2, 0.25) is 5.95 Å². The molecule has 0 unspecified atom stereocenters. The summed E-state index contributed by atoms with van der Waals surface area (Å²) in [5, 5.41) is 3.37. The summed E-state index contributed by atoms with van der Waals surface area (Å²) in [5.74, 6) is -1.59. The zero-order valence-electron chi connectivity index (χ0n) is 14.1. The van der Waals surface area contributed by atoms with E-state index >= 15 is 0 Å². The molecule has 0 saturated heterocycles. The highest BCUT2D eigenvalue weighted by Gasteiger charge is 2.18. The number of pyridine rings is 1. The maximum absolute atomic E-state index is 14.2. The second-order valence-electron chi connectivity index (χ2n) is 5.88. The molecule has 3 aromatic rings. The highest BCUT2D eigenvalue weighted by Crippen LogP contribution is 2.25. The standard InChI is InChI=1S/C17H16ClF2N5O/c1-24(2)9-8-21-17-22-15(18)10-6-7-13(26)25(16(10)23-17)14-11(19)4-3-5-12(14)20/h3-7H,8-9H2,1-2H3,(H,21,22,23). The van der Waals surface area contributed by atoms with E-state index in [1.54, 1.807) is 0 Å². The number of anilines is 1. The minimum atomic E-state index is -0.878. The number of likely N-dealkylation sites (N-methyl/N-ethyl adjacent to an activating group) is 1. The summed E-state index contributed by atoms with van der Waals surface area (Å²) in [7, 11) is 3.82. The number of halogens is 3. The van der Waals surface area contributed by atoms with Crippen LogP contribution in [0.5, 0.6) is 0 Å². The van der Waals surface area contributed by atoms with Crippen LogP contribution in [0.15, 0.2) is 35.1 Å². The quantitative estimate of drug-likeness (QED) is 0.690. The van der Waals surface area contributed by atoms with Crippen LogP contribution in [-0.4, -0.2) is 46.6 Å². The number of nitrogens with zero attached hydrogens (tertiary/aromatic N) is 4. The Kier molecular flexibility index (Phi) is 5.15. The number of nitrogens with one attached hydrogen (secondary N) is 1. The predicted octanol–water partition coefficient (Wildman–Crippen LogP) is 2.69. The van der Waals surface area contributed by atoms with Gasteiger partial charge in [0.15, 0.2) is 5.65 Å². The van der Waals surface area contributed by atoms with E-state index in [0.29, 0.717) is 18.5 Å². The lowest BCUT2D eigenvalue weighted by molar-refractivity contribution is 0.425. The minimum Gasteiger partial charge on any atom is -0.353 e. The molecule has 0 aliphatic heterocycles. The van der Waals surface area contributed by atoms with Crippen LogP contribution in [0.3, 0.4) is 0 Å². The highest BCUT2D eigenvalue weighted by molar-refractivity contribution is 6.34. The van der Waals surface area contributed by atoms with E-state index in [-0.39, 0.29) is 16.7 Å². The number of hydrogen-bond acceptors (Lipinski definition) is 5. The van der Waals surface area contributed by atoms with E-state index in [2.05, 4.69) is 15.3 Å². The summed E-state index contributed by atoms with van der Waals surface area (Å²) in [6.07, 6.45) is 0. The Balaban J connectivity index is 2.21. The molecule has 136 valence electrons. The molecular weight excluding hydrogens is 364 g/mol. The monoisotopic (exact) mass is 379 g/mol. The fourth-order valence-corrected chi connectivity index (χ4v) is 2.69. The molecule has 3 rings (SSSR count). The first-order valence-corrected chi connectivity index (χ1v) is 8.18. The van der Waals surface area contributed by atoms with Crippen molar-refractivity contribution < 1.29 is 8.78 Å². The third-order valence-electron chi connectivity index (χ3n) is 3.71. The average Bonchev–Trinajstić information content (AvgIpc) is 2.56. The van der Waals surface area contributed by atoms with Crippen molar-refractivity contribution in [1.82, 2.24) is 19.4 Å². The van der Waals surface area contributed by atoms with E-state index in [4.69, 9.17) is 11.6 Å². The van der Waals surface area contributed by atoms with Gasteiger partial charge in [-0.25, -0.2) is 13.8 Å². The van der Waals surface area contributed by atoms with Crippen LogP contribution in [-0.2, 0) is 0 Å². The van der Waals surface area contributed by atoms with Crippen LogP contribution in [0, 0.1) is 11.6 Å². The van der Waals surface area contributed by atoms with Gasteiger partial charge in [-0.15, -0.1) is 0 Å². The van der Waals surface area contributed by atoms with Crippen molar-refractivity contribution in [1.29, 1.82) is 0 Å². The van der Waals surface area contributed by atoms with Gasteiger partial charge in [0.1, 0.15) is 22.5 Å². The third-order valence-corrected chi connectivity index (χ3v) is 4.00. The fourth-order valence-electron chi connectivity index (χ4n) is 2.47. The Morgan fingerprint density at radius 2 is 1.85 bits per heavy atom. The van der Waals surface area contributed by atoms with Crippen molar-refractivity contribution in [3.63, 3.8) is 0 Å². The second kappa shape index (κ2) is 7.35. The smallest absolute Gasteiger partial charge is 0.256 e. The molecule has 9 heteroatoms. The van der Waals surface area contributed by atoms with Gasteiger partial charge in [0, 0.05) is 19.2 Å². The molecule has 0 spiro atoms. The molecule has 0 amide bonds. The van der Waals surface area contributed by atoms with E-state index in [9.17, 15) is 13.6 Å². The van der Waals surface area contributed by atoms with Crippen molar-refractivity contribution in [3.8, 4) is 5.69 Å². The molecule has 2 aromatic heterocycles. The molecule has 0 radical (unpaired) electrons. The molecule has 6 nitrogen and oxygen atoms in total. The summed E-state index contributed by atoms with van der Waals surface area (Å²) in [4.78, 5) is 22.7.